The Hall–Kier alpha value is -1.50. The summed E-state index contributed by atoms with van der Waals surface area (Å²) in [7, 11) is 0. The average molecular weight is 431 g/mol. The number of nitrogens with zero attached hydrogens (tertiary/aromatic N) is 1. The van der Waals surface area contributed by atoms with Gasteiger partial charge in [-0.1, -0.05) is 0 Å². The van der Waals surface area contributed by atoms with Crippen LogP contribution in [0.15, 0.2) is 91.0 Å². The molecule has 0 saturated carbocycles. The Labute approximate surface area is 151 Å². The fourth-order valence-corrected chi connectivity index (χ4v) is 6.50. The van der Waals surface area contributed by atoms with Gasteiger partial charge in [0, 0.05) is 0 Å². The van der Waals surface area contributed by atoms with Crippen LogP contribution in [-0.4, -0.2) is 40.8 Å². The van der Waals surface area contributed by atoms with Gasteiger partial charge in [0.25, 0.3) is 0 Å². The van der Waals surface area contributed by atoms with Gasteiger partial charge in [-0.25, -0.2) is 0 Å². The Kier molecular flexibility index (Phi) is 6.37. The van der Waals surface area contributed by atoms with Crippen molar-refractivity contribution in [2.24, 2.45) is 0 Å². The standard InChI is InChI=1S/C20H19NSe2/c1-4-10-18(11-5-1)21(16-22-19-12-6-2-7-13-19)17-23-20-14-8-3-9-15-20/h1-15H,16-17H2. The van der Waals surface area contributed by atoms with E-state index in [9.17, 15) is 0 Å². The SMILES string of the molecule is c1ccc([Se]CN(C[Se]c2ccccc2)c2ccccc2)cc1. The van der Waals surface area contributed by atoms with Crippen molar-refractivity contribution in [1.29, 1.82) is 0 Å². The van der Waals surface area contributed by atoms with Crippen LogP contribution in [0.4, 0.5) is 5.69 Å². The molecule has 0 saturated heterocycles. The Morgan fingerprint density at radius 2 is 0.913 bits per heavy atom. The first-order valence-electron chi connectivity index (χ1n) is 7.57. The van der Waals surface area contributed by atoms with Crippen molar-refractivity contribution >= 4 is 44.5 Å². The molecule has 0 N–H and O–H groups in total. The summed E-state index contributed by atoms with van der Waals surface area (Å²) < 4.78 is 2.93. The minimum atomic E-state index is 0.476. The number of anilines is 1. The summed E-state index contributed by atoms with van der Waals surface area (Å²) in [5, 5.41) is 0. The molecule has 0 aliphatic rings. The molecule has 0 unspecified atom stereocenters. The summed E-state index contributed by atoms with van der Waals surface area (Å²) in [6.45, 7) is 0. The molecule has 0 aliphatic heterocycles. The van der Waals surface area contributed by atoms with Gasteiger partial charge in [-0.3, -0.25) is 0 Å². The molecule has 0 spiro atoms. The van der Waals surface area contributed by atoms with Crippen LogP contribution in [0.3, 0.4) is 0 Å². The minimum absolute atomic E-state index is 0.476. The van der Waals surface area contributed by atoms with Crippen molar-refractivity contribution in [1.82, 2.24) is 0 Å². The maximum atomic E-state index is 2.54. The van der Waals surface area contributed by atoms with Crippen LogP contribution in [0.25, 0.3) is 0 Å². The van der Waals surface area contributed by atoms with Crippen LogP contribution in [0, 0.1) is 0 Å². The molecule has 3 aromatic carbocycles. The fraction of sp³-hybridized carbons (Fsp3) is 0.100. The van der Waals surface area contributed by atoms with Gasteiger partial charge in [-0.2, -0.15) is 0 Å². The van der Waals surface area contributed by atoms with E-state index >= 15 is 0 Å². The Morgan fingerprint density at radius 3 is 1.35 bits per heavy atom. The first kappa shape index (κ1) is 16.4. The zero-order chi connectivity index (χ0) is 15.7. The third-order valence-electron chi connectivity index (χ3n) is 3.38. The zero-order valence-corrected chi connectivity index (χ0v) is 16.3. The van der Waals surface area contributed by atoms with Crippen LogP contribution in [0.5, 0.6) is 0 Å². The van der Waals surface area contributed by atoms with E-state index in [1.807, 2.05) is 0 Å². The van der Waals surface area contributed by atoms with Gasteiger partial charge in [0.15, 0.2) is 0 Å². The first-order chi connectivity index (χ1) is 11.4. The fourth-order valence-electron chi connectivity index (χ4n) is 2.16. The Morgan fingerprint density at radius 1 is 0.522 bits per heavy atom. The number of hydrogen-bond acceptors (Lipinski definition) is 1. The number of benzene rings is 3. The molecule has 1 nitrogen and oxygen atoms in total. The van der Waals surface area contributed by atoms with Crippen molar-refractivity contribution < 1.29 is 0 Å². The quantitative estimate of drug-likeness (QED) is 0.520. The third kappa shape index (κ3) is 5.27. The van der Waals surface area contributed by atoms with Crippen molar-refractivity contribution in [3.63, 3.8) is 0 Å². The predicted molar refractivity (Wildman–Crippen MR) is 102 cm³/mol. The molecular weight excluding hydrogens is 412 g/mol. The summed E-state index contributed by atoms with van der Waals surface area (Å²) >= 11 is 0.952. The first-order valence-corrected chi connectivity index (χ1v) is 11.7. The van der Waals surface area contributed by atoms with E-state index in [4.69, 9.17) is 0 Å². The van der Waals surface area contributed by atoms with Gasteiger partial charge in [-0.15, -0.1) is 0 Å². The summed E-state index contributed by atoms with van der Waals surface area (Å²) in [4.78, 5) is 2.54. The van der Waals surface area contributed by atoms with Gasteiger partial charge in [0.05, 0.1) is 0 Å². The molecule has 23 heavy (non-hydrogen) atoms. The van der Waals surface area contributed by atoms with Crippen LogP contribution in [0.1, 0.15) is 0 Å². The average Bonchev–Trinajstić information content (AvgIpc) is 2.64. The molecule has 0 fully saturated rings. The van der Waals surface area contributed by atoms with Gasteiger partial charge in [-0.05, 0) is 0 Å². The van der Waals surface area contributed by atoms with E-state index in [-0.39, 0.29) is 0 Å². The van der Waals surface area contributed by atoms with Crippen molar-refractivity contribution in [2.75, 3.05) is 15.8 Å². The van der Waals surface area contributed by atoms with Crippen LogP contribution >= 0.6 is 0 Å². The Balaban J connectivity index is 1.66. The van der Waals surface area contributed by atoms with E-state index in [0.29, 0.717) is 29.9 Å². The molecule has 0 aliphatic carbocycles. The molecule has 0 atom stereocenters. The van der Waals surface area contributed by atoms with E-state index in [0.717, 1.165) is 10.9 Å². The third-order valence-corrected chi connectivity index (χ3v) is 7.77. The van der Waals surface area contributed by atoms with Gasteiger partial charge in [0.2, 0.25) is 0 Å². The van der Waals surface area contributed by atoms with E-state index < -0.39 is 0 Å². The number of para-hydroxylation sites is 1. The molecule has 3 heteroatoms. The van der Waals surface area contributed by atoms with Crippen LogP contribution < -0.4 is 13.8 Å². The molecule has 3 rings (SSSR count). The summed E-state index contributed by atoms with van der Waals surface area (Å²) in [5.74, 6) is 0. The predicted octanol–water partition coefficient (Wildman–Crippen LogP) is 2.47. The second-order valence-corrected chi connectivity index (χ2v) is 9.32. The zero-order valence-electron chi connectivity index (χ0n) is 12.8. The summed E-state index contributed by atoms with van der Waals surface area (Å²) in [6, 6.07) is 32.5. The Bertz CT molecular complexity index is 643. The van der Waals surface area contributed by atoms with E-state index in [2.05, 4.69) is 95.9 Å². The topological polar surface area (TPSA) is 3.24 Å². The van der Waals surface area contributed by atoms with E-state index in [1.54, 1.807) is 0 Å². The van der Waals surface area contributed by atoms with Crippen molar-refractivity contribution in [3.8, 4) is 0 Å². The molecule has 3 aromatic rings. The number of hydrogen-bond donors (Lipinski definition) is 0. The monoisotopic (exact) mass is 433 g/mol. The molecular formula is C20H19NSe2. The maximum absolute atomic E-state index is 2.54. The van der Waals surface area contributed by atoms with Crippen LogP contribution in [0.2, 0.25) is 0 Å². The second-order valence-electron chi connectivity index (χ2n) is 5.05. The van der Waals surface area contributed by atoms with Crippen LogP contribution in [-0.2, 0) is 0 Å². The molecule has 0 bridgehead atoms. The van der Waals surface area contributed by atoms with Gasteiger partial charge >= 0.3 is 151 Å². The van der Waals surface area contributed by atoms with Crippen molar-refractivity contribution in [3.05, 3.63) is 91.0 Å². The molecule has 0 heterocycles. The normalized spacial score (nSPS) is 10.4. The summed E-state index contributed by atoms with van der Waals surface area (Å²) in [5.41, 5.74) is 3.58. The van der Waals surface area contributed by atoms with E-state index in [1.165, 1.54) is 14.6 Å². The van der Waals surface area contributed by atoms with Gasteiger partial charge in [0.1, 0.15) is 0 Å². The van der Waals surface area contributed by atoms with Crippen molar-refractivity contribution in [2.45, 2.75) is 0 Å². The summed E-state index contributed by atoms with van der Waals surface area (Å²) in [6.07, 6.45) is 0. The molecule has 0 amide bonds. The molecule has 0 aromatic heterocycles. The second kappa shape index (κ2) is 8.96. The number of rotatable bonds is 7. The van der Waals surface area contributed by atoms with Gasteiger partial charge < -0.3 is 0 Å². The molecule has 0 radical (unpaired) electrons. The molecule has 116 valence electrons.